The molecule has 0 radical (unpaired) electrons. The highest BCUT2D eigenvalue weighted by Gasteiger charge is 2.09. The SMILES string of the molecule is CCC(NCc1sccc1C)c1ccc(O)cc1. The normalized spacial score (nSPS) is 12.6. The zero-order chi connectivity index (χ0) is 13.0. The minimum absolute atomic E-state index is 0.322. The Morgan fingerprint density at radius 3 is 2.50 bits per heavy atom. The van der Waals surface area contributed by atoms with Crippen molar-refractivity contribution in [3.63, 3.8) is 0 Å². The fraction of sp³-hybridized carbons (Fsp3) is 0.333. The monoisotopic (exact) mass is 261 g/mol. The Labute approximate surface area is 112 Å². The molecule has 3 heteroatoms. The lowest BCUT2D eigenvalue weighted by Crippen LogP contribution is -2.20. The number of benzene rings is 1. The van der Waals surface area contributed by atoms with Gasteiger partial charge in [-0.25, -0.2) is 0 Å². The first-order valence-corrected chi connectivity index (χ1v) is 7.14. The van der Waals surface area contributed by atoms with Crippen molar-refractivity contribution in [3.05, 3.63) is 51.7 Å². The van der Waals surface area contributed by atoms with Gasteiger partial charge in [0.2, 0.25) is 0 Å². The largest absolute Gasteiger partial charge is 0.508 e. The molecule has 2 nitrogen and oxygen atoms in total. The molecule has 2 rings (SSSR count). The van der Waals surface area contributed by atoms with Crippen LogP contribution in [0.2, 0.25) is 0 Å². The van der Waals surface area contributed by atoms with Crippen LogP contribution in [0, 0.1) is 6.92 Å². The van der Waals surface area contributed by atoms with Crippen LogP contribution in [0.4, 0.5) is 0 Å². The highest BCUT2D eigenvalue weighted by Crippen LogP contribution is 2.21. The lowest BCUT2D eigenvalue weighted by molar-refractivity contribution is 0.473. The van der Waals surface area contributed by atoms with Crippen LogP contribution in [-0.2, 0) is 6.54 Å². The summed E-state index contributed by atoms with van der Waals surface area (Å²) in [4.78, 5) is 1.40. The lowest BCUT2D eigenvalue weighted by atomic mass is 10.0. The van der Waals surface area contributed by atoms with E-state index in [0.717, 1.165) is 13.0 Å². The average Bonchev–Trinajstić information content (AvgIpc) is 2.78. The molecule has 0 aliphatic heterocycles. The number of hydrogen-bond donors (Lipinski definition) is 2. The molecule has 1 heterocycles. The average molecular weight is 261 g/mol. The van der Waals surface area contributed by atoms with Gasteiger partial charge < -0.3 is 10.4 Å². The maximum absolute atomic E-state index is 9.31. The van der Waals surface area contributed by atoms with E-state index in [1.807, 2.05) is 12.1 Å². The number of rotatable bonds is 5. The summed E-state index contributed by atoms with van der Waals surface area (Å²) >= 11 is 1.80. The molecule has 2 N–H and O–H groups in total. The van der Waals surface area contributed by atoms with E-state index >= 15 is 0 Å². The first-order chi connectivity index (χ1) is 8.70. The van der Waals surface area contributed by atoms with Crippen molar-refractivity contribution >= 4 is 11.3 Å². The van der Waals surface area contributed by atoms with E-state index in [1.54, 1.807) is 23.5 Å². The second kappa shape index (κ2) is 6.03. The van der Waals surface area contributed by atoms with Crippen LogP contribution < -0.4 is 5.32 Å². The second-order valence-electron chi connectivity index (χ2n) is 4.46. The van der Waals surface area contributed by atoms with Crippen LogP contribution in [0.1, 0.15) is 35.4 Å². The predicted molar refractivity (Wildman–Crippen MR) is 77.0 cm³/mol. The summed E-state index contributed by atoms with van der Waals surface area (Å²) in [5, 5.41) is 15.0. The van der Waals surface area contributed by atoms with Crippen molar-refractivity contribution in [2.24, 2.45) is 0 Å². The summed E-state index contributed by atoms with van der Waals surface area (Å²) in [6.45, 7) is 5.23. The first kappa shape index (κ1) is 13.1. The number of aryl methyl sites for hydroxylation is 1. The van der Waals surface area contributed by atoms with Crippen molar-refractivity contribution in [1.29, 1.82) is 0 Å². The van der Waals surface area contributed by atoms with Crippen molar-refractivity contribution in [2.75, 3.05) is 0 Å². The zero-order valence-corrected chi connectivity index (χ0v) is 11.6. The van der Waals surface area contributed by atoms with Gasteiger partial charge in [0, 0.05) is 17.5 Å². The molecule has 0 bridgehead atoms. The summed E-state index contributed by atoms with van der Waals surface area (Å²) in [5.74, 6) is 0.322. The molecule has 0 aliphatic rings. The molecule has 1 unspecified atom stereocenters. The van der Waals surface area contributed by atoms with E-state index in [4.69, 9.17) is 0 Å². The van der Waals surface area contributed by atoms with E-state index in [1.165, 1.54) is 16.0 Å². The summed E-state index contributed by atoms with van der Waals surface area (Å²) in [6, 6.07) is 9.96. The van der Waals surface area contributed by atoms with Gasteiger partial charge in [-0.2, -0.15) is 0 Å². The van der Waals surface area contributed by atoms with Crippen LogP contribution in [0.5, 0.6) is 5.75 Å². The maximum atomic E-state index is 9.31. The van der Waals surface area contributed by atoms with Crippen LogP contribution >= 0.6 is 11.3 Å². The van der Waals surface area contributed by atoms with Crippen molar-refractivity contribution < 1.29 is 5.11 Å². The summed E-state index contributed by atoms with van der Waals surface area (Å²) in [5.41, 5.74) is 2.58. The highest BCUT2D eigenvalue weighted by molar-refractivity contribution is 7.10. The van der Waals surface area contributed by atoms with Gasteiger partial charge in [0.25, 0.3) is 0 Å². The maximum Gasteiger partial charge on any atom is 0.115 e. The Hall–Kier alpha value is -1.32. The summed E-state index contributed by atoms with van der Waals surface area (Å²) in [7, 11) is 0. The molecule has 0 saturated heterocycles. The van der Waals surface area contributed by atoms with Crippen molar-refractivity contribution in [1.82, 2.24) is 5.32 Å². The third-order valence-electron chi connectivity index (χ3n) is 3.18. The lowest BCUT2D eigenvalue weighted by Gasteiger charge is -2.17. The standard InChI is InChI=1S/C15H19NOS/c1-3-14(12-4-6-13(17)7-5-12)16-10-15-11(2)8-9-18-15/h4-9,14,16-17H,3,10H2,1-2H3. The van der Waals surface area contributed by atoms with Crippen LogP contribution in [0.15, 0.2) is 35.7 Å². The molecule has 96 valence electrons. The van der Waals surface area contributed by atoms with Crippen molar-refractivity contribution in [2.45, 2.75) is 32.9 Å². The van der Waals surface area contributed by atoms with Crippen LogP contribution in [-0.4, -0.2) is 5.11 Å². The van der Waals surface area contributed by atoms with Crippen LogP contribution in [0.3, 0.4) is 0 Å². The second-order valence-corrected chi connectivity index (χ2v) is 5.46. The number of hydrogen-bond acceptors (Lipinski definition) is 3. The quantitative estimate of drug-likeness (QED) is 0.852. The first-order valence-electron chi connectivity index (χ1n) is 6.26. The highest BCUT2D eigenvalue weighted by atomic mass is 32.1. The van der Waals surface area contributed by atoms with Gasteiger partial charge in [-0.05, 0) is 48.1 Å². The summed E-state index contributed by atoms with van der Waals surface area (Å²) in [6.07, 6.45) is 1.04. The molecule has 1 aromatic heterocycles. The summed E-state index contributed by atoms with van der Waals surface area (Å²) < 4.78 is 0. The van der Waals surface area contributed by atoms with E-state index in [0.29, 0.717) is 11.8 Å². The smallest absolute Gasteiger partial charge is 0.115 e. The Morgan fingerprint density at radius 2 is 1.94 bits per heavy atom. The van der Waals surface area contributed by atoms with E-state index in [2.05, 4.69) is 30.6 Å². The molecule has 2 aromatic rings. The minimum atomic E-state index is 0.322. The van der Waals surface area contributed by atoms with Gasteiger partial charge >= 0.3 is 0 Å². The number of nitrogens with one attached hydrogen (secondary N) is 1. The molecule has 18 heavy (non-hydrogen) atoms. The van der Waals surface area contributed by atoms with Gasteiger partial charge in [0.1, 0.15) is 5.75 Å². The van der Waals surface area contributed by atoms with E-state index < -0.39 is 0 Å². The molecule has 1 atom stereocenters. The molecular weight excluding hydrogens is 242 g/mol. The van der Waals surface area contributed by atoms with E-state index in [-0.39, 0.29) is 0 Å². The van der Waals surface area contributed by atoms with Gasteiger partial charge in [-0.15, -0.1) is 11.3 Å². The number of phenols is 1. The Bertz CT molecular complexity index is 489. The fourth-order valence-electron chi connectivity index (χ4n) is 2.01. The van der Waals surface area contributed by atoms with Gasteiger partial charge in [0.15, 0.2) is 0 Å². The molecular formula is C15H19NOS. The molecule has 0 saturated carbocycles. The fourth-order valence-corrected chi connectivity index (χ4v) is 2.86. The third kappa shape index (κ3) is 3.12. The molecule has 1 aromatic carbocycles. The number of thiophene rings is 1. The molecule has 0 fully saturated rings. The predicted octanol–water partition coefficient (Wildman–Crippen LogP) is 4.00. The topological polar surface area (TPSA) is 32.3 Å². The minimum Gasteiger partial charge on any atom is -0.508 e. The molecule has 0 amide bonds. The van der Waals surface area contributed by atoms with Gasteiger partial charge in [0.05, 0.1) is 0 Å². The van der Waals surface area contributed by atoms with Crippen molar-refractivity contribution in [3.8, 4) is 5.75 Å². The molecule has 0 aliphatic carbocycles. The zero-order valence-electron chi connectivity index (χ0n) is 10.8. The Balaban J connectivity index is 2.01. The van der Waals surface area contributed by atoms with Gasteiger partial charge in [-0.3, -0.25) is 0 Å². The Morgan fingerprint density at radius 1 is 1.22 bits per heavy atom. The van der Waals surface area contributed by atoms with Gasteiger partial charge in [-0.1, -0.05) is 19.1 Å². The number of phenolic OH excluding ortho intramolecular Hbond substituents is 1. The molecule has 0 spiro atoms. The number of aromatic hydroxyl groups is 1. The van der Waals surface area contributed by atoms with E-state index in [9.17, 15) is 5.11 Å². The Kier molecular flexibility index (Phi) is 4.39. The van der Waals surface area contributed by atoms with Crippen LogP contribution in [0.25, 0.3) is 0 Å². The third-order valence-corrected chi connectivity index (χ3v) is 4.20.